The summed E-state index contributed by atoms with van der Waals surface area (Å²) in [6, 6.07) is 20.6. The third-order valence-electron chi connectivity index (χ3n) is 5.29. The average Bonchev–Trinajstić information content (AvgIpc) is 3.37. The Hall–Kier alpha value is -4.66. The van der Waals surface area contributed by atoms with E-state index in [1.807, 2.05) is 30.3 Å². The number of ketones is 1. The van der Waals surface area contributed by atoms with E-state index in [0.29, 0.717) is 28.8 Å². The summed E-state index contributed by atoms with van der Waals surface area (Å²) in [5.41, 5.74) is -0.134. The van der Waals surface area contributed by atoms with Gasteiger partial charge in [0.1, 0.15) is 17.2 Å². The van der Waals surface area contributed by atoms with Gasteiger partial charge in [-0.1, -0.05) is 35.5 Å². The van der Waals surface area contributed by atoms with Crippen LogP contribution in [0, 0.1) is 0 Å². The highest BCUT2D eigenvalue weighted by atomic mass is 16.5. The molecule has 0 saturated heterocycles. The molecular weight excluding hydrogens is 464 g/mol. The van der Waals surface area contributed by atoms with E-state index in [4.69, 9.17) is 18.7 Å². The molecule has 4 aromatic rings. The molecule has 184 valence electrons. The zero-order valence-electron chi connectivity index (χ0n) is 19.9. The fourth-order valence-electron chi connectivity index (χ4n) is 3.24. The van der Waals surface area contributed by atoms with Crippen molar-refractivity contribution in [2.75, 3.05) is 7.11 Å². The number of carboxylic acid groups (broad SMARTS) is 1. The number of hydrogen-bond acceptors (Lipinski definition) is 8. The van der Waals surface area contributed by atoms with Crippen LogP contribution in [0.2, 0.25) is 0 Å². The monoisotopic (exact) mass is 488 g/mol. The van der Waals surface area contributed by atoms with Crippen molar-refractivity contribution in [3.8, 4) is 28.6 Å². The van der Waals surface area contributed by atoms with E-state index in [1.54, 1.807) is 36.4 Å². The molecule has 0 fully saturated rings. The Labute approximate surface area is 207 Å². The lowest BCUT2D eigenvalue weighted by Gasteiger charge is -2.23. The second-order valence-electron chi connectivity index (χ2n) is 8.30. The molecule has 0 amide bonds. The van der Waals surface area contributed by atoms with Crippen LogP contribution in [0.25, 0.3) is 11.4 Å². The van der Waals surface area contributed by atoms with E-state index < -0.39 is 11.6 Å². The first-order valence-corrected chi connectivity index (χ1v) is 11.0. The van der Waals surface area contributed by atoms with Crippen molar-refractivity contribution >= 4 is 11.8 Å². The summed E-state index contributed by atoms with van der Waals surface area (Å²) in [7, 11) is 1.47. The molecule has 0 bridgehead atoms. The van der Waals surface area contributed by atoms with Crippen molar-refractivity contribution in [2.45, 2.75) is 26.1 Å². The van der Waals surface area contributed by atoms with Crippen LogP contribution in [0.3, 0.4) is 0 Å². The maximum absolute atomic E-state index is 13.2. The summed E-state index contributed by atoms with van der Waals surface area (Å²) < 4.78 is 21.8. The van der Waals surface area contributed by atoms with E-state index in [9.17, 15) is 14.7 Å². The number of carboxylic acids is 1. The summed E-state index contributed by atoms with van der Waals surface area (Å²) in [5.74, 6) is 0.325. The number of benzene rings is 3. The lowest BCUT2D eigenvalue weighted by atomic mass is 10.0. The first kappa shape index (κ1) is 24.5. The molecule has 1 N–H and O–H groups in total. The van der Waals surface area contributed by atoms with E-state index in [-0.39, 0.29) is 23.7 Å². The van der Waals surface area contributed by atoms with Gasteiger partial charge in [-0.05, 0) is 50.2 Å². The second-order valence-corrected chi connectivity index (χ2v) is 8.30. The van der Waals surface area contributed by atoms with Gasteiger partial charge in [0.2, 0.25) is 5.82 Å². The standard InChI is InChI=1S/C27H24N2O7/c1-27(2,26(31)32)35-22-15-20(33-3)13-14-21(22)24(30)17-9-11-19(12-10-17)34-16-23-28-25(29-36-23)18-7-5-4-6-8-18/h4-15H,16H2,1-3H3,(H,31,32). The third kappa shape index (κ3) is 5.52. The van der Waals surface area contributed by atoms with Crippen LogP contribution in [0.4, 0.5) is 0 Å². The summed E-state index contributed by atoms with van der Waals surface area (Å²) in [6.45, 7) is 2.87. The van der Waals surface area contributed by atoms with Crippen LogP contribution in [0.5, 0.6) is 17.2 Å². The van der Waals surface area contributed by atoms with Crippen LogP contribution in [0.15, 0.2) is 77.3 Å². The predicted octanol–water partition coefficient (Wildman–Crippen LogP) is 4.80. The van der Waals surface area contributed by atoms with Gasteiger partial charge in [-0.2, -0.15) is 4.98 Å². The van der Waals surface area contributed by atoms with E-state index in [0.717, 1.165) is 5.56 Å². The molecule has 4 rings (SSSR count). The summed E-state index contributed by atoms with van der Waals surface area (Å²) in [5, 5.41) is 13.4. The summed E-state index contributed by atoms with van der Waals surface area (Å²) in [4.78, 5) is 29.1. The highest BCUT2D eigenvalue weighted by molar-refractivity contribution is 6.11. The Kier molecular flexibility index (Phi) is 7.00. The van der Waals surface area contributed by atoms with Crippen LogP contribution >= 0.6 is 0 Å². The smallest absolute Gasteiger partial charge is 0.347 e. The third-order valence-corrected chi connectivity index (χ3v) is 5.29. The van der Waals surface area contributed by atoms with Crippen molar-refractivity contribution in [1.29, 1.82) is 0 Å². The van der Waals surface area contributed by atoms with Crippen LogP contribution in [0.1, 0.15) is 35.7 Å². The van der Waals surface area contributed by atoms with Crippen molar-refractivity contribution < 1.29 is 33.4 Å². The number of carbonyl (C=O) groups is 2. The van der Waals surface area contributed by atoms with Crippen molar-refractivity contribution in [3.63, 3.8) is 0 Å². The highest BCUT2D eigenvalue weighted by Crippen LogP contribution is 2.30. The number of rotatable bonds is 10. The number of ether oxygens (including phenoxy) is 3. The van der Waals surface area contributed by atoms with Gasteiger partial charge in [-0.25, -0.2) is 4.79 Å². The molecule has 1 heterocycles. The number of methoxy groups -OCH3 is 1. The van der Waals surface area contributed by atoms with Gasteiger partial charge < -0.3 is 23.8 Å². The molecule has 36 heavy (non-hydrogen) atoms. The molecule has 9 heteroatoms. The first-order valence-electron chi connectivity index (χ1n) is 11.0. The van der Waals surface area contributed by atoms with Crippen molar-refractivity contribution in [3.05, 3.63) is 89.8 Å². The molecule has 0 saturated carbocycles. The van der Waals surface area contributed by atoms with Crippen LogP contribution in [-0.2, 0) is 11.4 Å². The van der Waals surface area contributed by atoms with Gasteiger partial charge in [0, 0.05) is 17.2 Å². The Morgan fingerprint density at radius 2 is 1.67 bits per heavy atom. The minimum absolute atomic E-state index is 0.0634. The molecular formula is C27H24N2O7. The van der Waals surface area contributed by atoms with E-state index >= 15 is 0 Å². The number of hydrogen-bond donors (Lipinski definition) is 1. The summed E-state index contributed by atoms with van der Waals surface area (Å²) >= 11 is 0. The normalized spacial score (nSPS) is 11.1. The molecule has 1 aromatic heterocycles. The fraction of sp³-hybridized carbons (Fsp3) is 0.185. The van der Waals surface area contributed by atoms with E-state index in [1.165, 1.54) is 27.0 Å². The largest absolute Gasteiger partial charge is 0.497 e. The van der Waals surface area contributed by atoms with Crippen molar-refractivity contribution in [1.82, 2.24) is 10.1 Å². The van der Waals surface area contributed by atoms with E-state index in [2.05, 4.69) is 10.1 Å². The lowest BCUT2D eigenvalue weighted by molar-refractivity contribution is -0.152. The Bertz CT molecular complexity index is 1360. The lowest BCUT2D eigenvalue weighted by Crippen LogP contribution is -2.38. The first-order chi connectivity index (χ1) is 17.3. The highest BCUT2D eigenvalue weighted by Gasteiger charge is 2.31. The molecule has 0 aliphatic rings. The number of aliphatic carboxylic acids is 1. The SMILES string of the molecule is COc1ccc(C(=O)c2ccc(OCc3nc(-c4ccccc4)no3)cc2)c(OC(C)(C)C(=O)O)c1. The number of nitrogens with zero attached hydrogens (tertiary/aromatic N) is 2. The Morgan fingerprint density at radius 1 is 0.972 bits per heavy atom. The number of carbonyl (C=O) groups excluding carboxylic acids is 1. The second kappa shape index (κ2) is 10.3. The van der Waals surface area contributed by atoms with Crippen LogP contribution in [-0.4, -0.2) is 39.7 Å². The van der Waals surface area contributed by atoms with Gasteiger partial charge in [0.05, 0.1) is 12.7 Å². The topological polar surface area (TPSA) is 121 Å². The maximum Gasteiger partial charge on any atom is 0.347 e. The minimum Gasteiger partial charge on any atom is -0.497 e. The predicted molar refractivity (Wildman–Crippen MR) is 129 cm³/mol. The van der Waals surface area contributed by atoms with Gasteiger partial charge in [0.15, 0.2) is 18.0 Å². The van der Waals surface area contributed by atoms with Gasteiger partial charge in [0.25, 0.3) is 5.89 Å². The average molecular weight is 488 g/mol. The quantitative estimate of drug-likeness (QED) is 0.314. The maximum atomic E-state index is 13.2. The Morgan fingerprint density at radius 3 is 2.33 bits per heavy atom. The molecule has 0 aliphatic carbocycles. The molecule has 0 aliphatic heterocycles. The zero-order chi connectivity index (χ0) is 25.7. The van der Waals surface area contributed by atoms with Gasteiger partial charge >= 0.3 is 5.97 Å². The number of aromatic nitrogens is 2. The molecule has 9 nitrogen and oxygen atoms in total. The zero-order valence-corrected chi connectivity index (χ0v) is 19.9. The molecule has 0 atom stereocenters. The Balaban J connectivity index is 1.47. The van der Waals surface area contributed by atoms with Crippen LogP contribution < -0.4 is 14.2 Å². The van der Waals surface area contributed by atoms with Gasteiger partial charge in [-0.15, -0.1) is 0 Å². The fourth-order valence-corrected chi connectivity index (χ4v) is 3.24. The van der Waals surface area contributed by atoms with Crippen molar-refractivity contribution in [2.24, 2.45) is 0 Å². The van der Waals surface area contributed by atoms with Gasteiger partial charge in [-0.3, -0.25) is 4.79 Å². The molecule has 3 aromatic carbocycles. The summed E-state index contributed by atoms with van der Waals surface area (Å²) in [6.07, 6.45) is 0. The minimum atomic E-state index is -1.55. The molecule has 0 radical (unpaired) electrons. The molecule has 0 spiro atoms. The molecule has 0 unspecified atom stereocenters.